The summed E-state index contributed by atoms with van der Waals surface area (Å²) in [6.45, 7) is 6.26. The SMILES string of the molecule is CCCNc1ccc(C2=NC(C)CN2)cc1. The van der Waals surface area contributed by atoms with Crippen molar-refractivity contribution in [2.45, 2.75) is 26.3 Å². The summed E-state index contributed by atoms with van der Waals surface area (Å²) in [7, 11) is 0. The van der Waals surface area contributed by atoms with Gasteiger partial charge in [0.25, 0.3) is 0 Å². The fraction of sp³-hybridized carbons (Fsp3) is 0.462. The second-order valence-electron chi connectivity index (χ2n) is 4.21. The maximum Gasteiger partial charge on any atom is 0.128 e. The second kappa shape index (κ2) is 5.01. The number of nitrogens with zero attached hydrogens (tertiary/aromatic N) is 1. The first-order chi connectivity index (χ1) is 7.79. The normalized spacial score (nSPS) is 19.1. The quantitative estimate of drug-likeness (QED) is 0.811. The minimum absolute atomic E-state index is 0.396. The molecule has 0 aromatic heterocycles. The number of benzene rings is 1. The van der Waals surface area contributed by atoms with Gasteiger partial charge in [-0.05, 0) is 37.6 Å². The van der Waals surface area contributed by atoms with Crippen LogP contribution in [0.2, 0.25) is 0 Å². The molecule has 1 unspecified atom stereocenters. The molecule has 1 aliphatic heterocycles. The lowest BCUT2D eigenvalue weighted by atomic mass is 10.2. The minimum Gasteiger partial charge on any atom is -0.385 e. The predicted octanol–water partition coefficient (Wildman–Crippen LogP) is 2.25. The Balaban J connectivity index is 2.04. The van der Waals surface area contributed by atoms with E-state index in [0.717, 1.165) is 25.3 Å². The van der Waals surface area contributed by atoms with Crippen molar-refractivity contribution in [3.63, 3.8) is 0 Å². The van der Waals surface area contributed by atoms with Crippen molar-refractivity contribution in [1.29, 1.82) is 0 Å². The molecule has 2 N–H and O–H groups in total. The van der Waals surface area contributed by atoms with Crippen LogP contribution in [0.5, 0.6) is 0 Å². The van der Waals surface area contributed by atoms with E-state index in [1.54, 1.807) is 0 Å². The van der Waals surface area contributed by atoms with Gasteiger partial charge in [0.15, 0.2) is 0 Å². The van der Waals surface area contributed by atoms with Crippen molar-refractivity contribution in [1.82, 2.24) is 5.32 Å². The molecule has 3 nitrogen and oxygen atoms in total. The van der Waals surface area contributed by atoms with Gasteiger partial charge in [0.1, 0.15) is 5.84 Å². The van der Waals surface area contributed by atoms with Gasteiger partial charge in [-0.1, -0.05) is 6.92 Å². The third-order valence-corrected chi connectivity index (χ3v) is 2.65. The van der Waals surface area contributed by atoms with Crippen LogP contribution in [0.3, 0.4) is 0 Å². The second-order valence-corrected chi connectivity index (χ2v) is 4.21. The zero-order valence-electron chi connectivity index (χ0n) is 9.96. The van der Waals surface area contributed by atoms with Crippen LogP contribution in [0.15, 0.2) is 29.3 Å². The molecular weight excluding hydrogens is 198 g/mol. The first-order valence-electron chi connectivity index (χ1n) is 5.95. The van der Waals surface area contributed by atoms with Crippen molar-refractivity contribution in [3.05, 3.63) is 29.8 Å². The van der Waals surface area contributed by atoms with Gasteiger partial charge in [-0.25, -0.2) is 0 Å². The lowest BCUT2D eigenvalue weighted by Gasteiger charge is -2.06. The number of nitrogens with one attached hydrogen (secondary N) is 2. The van der Waals surface area contributed by atoms with Gasteiger partial charge < -0.3 is 10.6 Å². The Morgan fingerprint density at radius 3 is 2.69 bits per heavy atom. The third kappa shape index (κ3) is 2.54. The molecule has 1 aromatic carbocycles. The zero-order valence-corrected chi connectivity index (χ0v) is 9.96. The van der Waals surface area contributed by atoms with E-state index >= 15 is 0 Å². The van der Waals surface area contributed by atoms with Gasteiger partial charge in [0.2, 0.25) is 0 Å². The van der Waals surface area contributed by atoms with Crippen molar-refractivity contribution in [3.8, 4) is 0 Å². The molecule has 2 rings (SSSR count). The van der Waals surface area contributed by atoms with Gasteiger partial charge in [0.05, 0.1) is 6.04 Å². The Labute approximate surface area is 97.0 Å². The van der Waals surface area contributed by atoms with Gasteiger partial charge >= 0.3 is 0 Å². The largest absolute Gasteiger partial charge is 0.385 e. The molecule has 16 heavy (non-hydrogen) atoms. The summed E-state index contributed by atoms with van der Waals surface area (Å²) in [4.78, 5) is 4.54. The van der Waals surface area contributed by atoms with Crippen LogP contribution in [0.4, 0.5) is 5.69 Å². The molecule has 0 fully saturated rings. The van der Waals surface area contributed by atoms with E-state index in [9.17, 15) is 0 Å². The molecule has 3 heteroatoms. The zero-order chi connectivity index (χ0) is 11.4. The standard InChI is InChI=1S/C13H19N3/c1-3-8-14-12-6-4-11(5-7-12)13-15-9-10(2)16-13/h4-7,10,14H,3,8-9H2,1-2H3,(H,15,16). The predicted molar refractivity (Wildman–Crippen MR) is 69.2 cm³/mol. The molecule has 0 saturated carbocycles. The van der Waals surface area contributed by atoms with E-state index in [1.807, 2.05) is 0 Å². The summed E-state index contributed by atoms with van der Waals surface area (Å²) in [5.74, 6) is 1.02. The first kappa shape index (κ1) is 11.0. The smallest absolute Gasteiger partial charge is 0.128 e. The van der Waals surface area contributed by atoms with Crippen molar-refractivity contribution < 1.29 is 0 Å². The van der Waals surface area contributed by atoms with E-state index < -0.39 is 0 Å². The highest BCUT2D eigenvalue weighted by Gasteiger charge is 2.12. The maximum atomic E-state index is 4.54. The Bertz CT molecular complexity index is 367. The van der Waals surface area contributed by atoms with Crippen LogP contribution >= 0.6 is 0 Å². The molecule has 0 bridgehead atoms. The van der Waals surface area contributed by atoms with Crippen LogP contribution in [0.25, 0.3) is 0 Å². The maximum absolute atomic E-state index is 4.54. The van der Waals surface area contributed by atoms with Gasteiger partial charge in [-0.2, -0.15) is 0 Å². The van der Waals surface area contributed by atoms with Crippen molar-refractivity contribution >= 4 is 11.5 Å². The van der Waals surface area contributed by atoms with E-state index in [-0.39, 0.29) is 0 Å². The molecule has 1 heterocycles. The molecule has 0 radical (unpaired) electrons. The van der Waals surface area contributed by atoms with Gasteiger partial charge in [-0.3, -0.25) is 4.99 Å². The minimum atomic E-state index is 0.396. The van der Waals surface area contributed by atoms with Crippen LogP contribution in [0.1, 0.15) is 25.8 Å². The van der Waals surface area contributed by atoms with Crippen LogP contribution < -0.4 is 10.6 Å². The molecule has 1 aromatic rings. The van der Waals surface area contributed by atoms with E-state index in [0.29, 0.717) is 6.04 Å². The number of amidine groups is 1. The third-order valence-electron chi connectivity index (χ3n) is 2.65. The molecule has 86 valence electrons. The number of hydrogen-bond donors (Lipinski definition) is 2. The van der Waals surface area contributed by atoms with E-state index in [2.05, 4.69) is 53.7 Å². The summed E-state index contributed by atoms with van der Waals surface area (Å²) in [6.07, 6.45) is 1.15. The topological polar surface area (TPSA) is 36.4 Å². The van der Waals surface area contributed by atoms with Gasteiger partial charge in [0, 0.05) is 24.3 Å². The Hall–Kier alpha value is -1.51. The molecule has 0 aliphatic carbocycles. The highest BCUT2D eigenvalue weighted by molar-refractivity contribution is 6.00. The molecule has 0 saturated heterocycles. The lowest BCUT2D eigenvalue weighted by molar-refractivity contribution is 0.766. The monoisotopic (exact) mass is 217 g/mol. The molecule has 1 atom stereocenters. The van der Waals surface area contributed by atoms with Crippen LogP contribution in [-0.4, -0.2) is 25.0 Å². The summed E-state index contributed by atoms with van der Waals surface area (Å²) >= 11 is 0. The molecule has 0 spiro atoms. The lowest BCUT2D eigenvalue weighted by Crippen LogP contribution is -2.20. The van der Waals surface area contributed by atoms with Crippen molar-refractivity contribution in [2.75, 3.05) is 18.4 Å². The number of aliphatic imine (C=N–C) groups is 1. The molecule has 1 aliphatic rings. The summed E-state index contributed by atoms with van der Waals surface area (Å²) in [6, 6.07) is 8.84. The fourth-order valence-corrected chi connectivity index (χ4v) is 1.75. The average Bonchev–Trinajstić information content (AvgIpc) is 2.74. The number of hydrogen-bond acceptors (Lipinski definition) is 3. The Morgan fingerprint density at radius 1 is 1.38 bits per heavy atom. The molecule has 0 amide bonds. The summed E-state index contributed by atoms with van der Waals surface area (Å²) in [5.41, 5.74) is 2.35. The first-order valence-corrected chi connectivity index (χ1v) is 5.95. The summed E-state index contributed by atoms with van der Waals surface area (Å²) in [5, 5.41) is 6.68. The molecular formula is C13H19N3. The number of rotatable bonds is 4. The number of anilines is 1. The highest BCUT2D eigenvalue weighted by atomic mass is 15.1. The summed E-state index contributed by atoms with van der Waals surface area (Å²) < 4.78 is 0. The Kier molecular flexibility index (Phi) is 3.44. The average molecular weight is 217 g/mol. The Morgan fingerprint density at radius 2 is 2.12 bits per heavy atom. The van der Waals surface area contributed by atoms with E-state index in [4.69, 9.17) is 0 Å². The highest BCUT2D eigenvalue weighted by Crippen LogP contribution is 2.12. The van der Waals surface area contributed by atoms with Crippen LogP contribution in [-0.2, 0) is 0 Å². The van der Waals surface area contributed by atoms with Crippen molar-refractivity contribution in [2.24, 2.45) is 4.99 Å². The van der Waals surface area contributed by atoms with E-state index in [1.165, 1.54) is 11.3 Å². The fourth-order valence-electron chi connectivity index (χ4n) is 1.75. The van der Waals surface area contributed by atoms with Gasteiger partial charge in [-0.15, -0.1) is 0 Å². The van der Waals surface area contributed by atoms with Crippen LogP contribution in [0, 0.1) is 0 Å².